The number of aromatic nitrogens is 2. The van der Waals surface area contributed by atoms with Gasteiger partial charge in [0.2, 0.25) is 11.7 Å². The van der Waals surface area contributed by atoms with Crippen LogP contribution in [-0.4, -0.2) is 34.1 Å². The summed E-state index contributed by atoms with van der Waals surface area (Å²) in [5, 5.41) is 4.08. The van der Waals surface area contributed by atoms with Crippen molar-refractivity contribution in [3.05, 3.63) is 60.5 Å². The van der Waals surface area contributed by atoms with Gasteiger partial charge in [-0.15, -0.1) is 0 Å². The molecule has 144 valence electrons. The third-order valence-corrected chi connectivity index (χ3v) is 4.80. The van der Waals surface area contributed by atoms with E-state index in [1.54, 1.807) is 17.0 Å². The average Bonchev–Trinajstić information content (AvgIpc) is 3.23. The van der Waals surface area contributed by atoms with Crippen molar-refractivity contribution in [3.8, 4) is 17.1 Å². The Balaban J connectivity index is 1.48. The first kappa shape index (κ1) is 18.0. The maximum Gasteiger partial charge on any atom is 0.261 e. The molecule has 1 fully saturated rings. The molecule has 1 aliphatic heterocycles. The molecule has 0 aliphatic carbocycles. The van der Waals surface area contributed by atoms with Crippen LogP contribution in [0.25, 0.3) is 11.4 Å². The predicted molar refractivity (Wildman–Crippen MR) is 104 cm³/mol. The molecule has 0 saturated carbocycles. The summed E-state index contributed by atoms with van der Waals surface area (Å²) in [6, 6.07) is 16.4. The van der Waals surface area contributed by atoms with E-state index in [4.69, 9.17) is 15.0 Å². The fraction of sp³-hybridized carbons (Fsp3) is 0.286. The fourth-order valence-electron chi connectivity index (χ4n) is 3.40. The zero-order chi connectivity index (χ0) is 19.3. The minimum Gasteiger partial charge on any atom is -0.484 e. The van der Waals surface area contributed by atoms with E-state index in [0.29, 0.717) is 29.7 Å². The highest BCUT2D eigenvalue weighted by molar-refractivity contribution is 5.78. The van der Waals surface area contributed by atoms with Crippen molar-refractivity contribution in [2.75, 3.05) is 18.9 Å². The SMILES string of the molecule is Nc1cccc(-c2noc([C@H]3CCCCN3C(=O)COc3ccccc3)n2)c1. The molecule has 2 aromatic carbocycles. The van der Waals surface area contributed by atoms with Gasteiger partial charge in [-0.05, 0) is 43.5 Å². The zero-order valence-corrected chi connectivity index (χ0v) is 15.5. The van der Waals surface area contributed by atoms with Crippen LogP contribution in [0.15, 0.2) is 59.1 Å². The number of nitrogens with two attached hydrogens (primary N) is 1. The molecule has 1 aliphatic rings. The van der Waals surface area contributed by atoms with Crippen molar-refractivity contribution in [1.29, 1.82) is 0 Å². The Hall–Kier alpha value is -3.35. The van der Waals surface area contributed by atoms with Gasteiger partial charge in [-0.2, -0.15) is 4.98 Å². The molecule has 4 rings (SSSR count). The molecular weight excluding hydrogens is 356 g/mol. The lowest BCUT2D eigenvalue weighted by atomic mass is 10.0. The van der Waals surface area contributed by atoms with Gasteiger partial charge in [0.1, 0.15) is 11.8 Å². The number of hydrogen-bond acceptors (Lipinski definition) is 6. The molecule has 2 N–H and O–H groups in total. The van der Waals surface area contributed by atoms with Gasteiger partial charge in [0.15, 0.2) is 6.61 Å². The summed E-state index contributed by atoms with van der Waals surface area (Å²) in [5.74, 6) is 1.51. The van der Waals surface area contributed by atoms with E-state index in [1.165, 1.54) is 0 Å². The minimum atomic E-state index is -0.233. The number of carbonyl (C=O) groups excluding carboxylic acids is 1. The molecule has 1 saturated heterocycles. The summed E-state index contributed by atoms with van der Waals surface area (Å²) in [6.07, 6.45) is 2.74. The van der Waals surface area contributed by atoms with Crippen molar-refractivity contribution in [3.63, 3.8) is 0 Å². The maximum atomic E-state index is 12.8. The number of nitrogens with zero attached hydrogens (tertiary/aromatic N) is 3. The van der Waals surface area contributed by atoms with Crippen LogP contribution < -0.4 is 10.5 Å². The lowest BCUT2D eigenvalue weighted by molar-refractivity contribution is -0.138. The van der Waals surface area contributed by atoms with Crippen LogP contribution in [-0.2, 0) is 4.79 Å². The topological polar surface area (TPSA) is 94.5 Å². The second-order valence-electron chi connectivity index (χ2n) is 6.78. The summed E-state index contributed by atoms with van der Waals surface area (Å²) < 4.78 is 11.1. The number of hydrogen-bond donors (Lipinski definition) is 1. The number of amides is 1. The van der Waals surface area contributed by atoms with Crippen molar-refractivity contribution in [2.24, 2.45) is 0 Å². The maximum absolute atomic E-state index is 12.8. The molecule has 7 nitrogen and oxygen atoms in total. The average molecular weight is 378 g/mol. The Morgan fingerprint density at radius 2 is 2.04 bits per heavy atom. The number of anilines is 1. The van der Waals surface area contributed by atoms with E-state index in [0.717, 1.165) is 24.8 Å². The Kier molecular flexibility index (Phi) is 5.23. The first-order valence-corrected chi connectivity index (χ1v) is 9.37. The van der Waals surface area contributed by atoms with E-state index in [2.05, 4.69) is 10.1 Å². The van der Waals surface area contributed by atoms with Gasteiger partial charge < -0.3 is 19.9 Å². The number of nitrogen functional groups attached to an aromatic ring is 1. The van der Waals surface area contributed by atoms with E-state index in [1.807, 2.05) is 42.5 Å². The first-order valence-electron chi connectivity index (χ1n) is 9.37. The van der Waals surface area contributed by atoms with E-state index >= 15 is 0 Å². The zero-order valence-electron chi connectivity index (χ0n) is 15.5. The highest BCUT2D eigenvalue weighted by Gasteiger charge is 2.32. The fourth-order valence-corrected chi connectivity index (χ4v) is 3.40. The van der Waals surface area contributed by atoms with Crippen LogP contribution in [0.2, 0.25) is 0 Å². The Morgan fingerprint density at radius 1 is 1.18 bits per heavy atom. The number of rotatable bonds is 5. The first-order chi connectivity index (χ1) is 13.7. The third kappa shape index (κ3) is 3.98. The van der Waals surface area contributed by atoms with Crippen molar-refractivity contribution < 1.29 is 14.1 Å². The highest BCUT2D eigenvalue weighted by atomic mass is 16.5. The highest BCUT2D eigenvalue weighted by Crippen LogP contribution is 2.31. The summed E-state index contributed by atoms with van der Waals surface area (Å²) >= 11 is 0. The number of piperidine rings is 1. The number of para-hydroxylation sites is 1. The molecule has 0 bridgehead atoms. The molecule has 2 heterocycles. The third-order valence-electron chi connectivity index (χ3n) is 4.80. The number of benzene rings is 2. The van der Waals surface area contributed by atoms with Crippen LogP contribution in [0.4, 0.5) is 5.69 Å². The van der Waals surface area contributed by atoms with Crippen LogP contribution in [0, 0.1) is 0 Å². The number of ether oxygens (including phenoxy) is 1. The molecule has 1 atom stereocenters. The number of carbonyl (C=O) groups is 1. The predicted octanol–water partition coefficient (Wildman–Crippen LogP) is 3.45. The van der Waals surface area contributed by atoms with Gasteiger partial charge >= 0.3 is 0 Å². The number of likely N-dealkylation sites (tertiary alicyclic amines) is 1. The minimum absolute atomic E-state index is 0.0171. The second-order valence-corrected chi connectivity index (χ2v) is 6.78. The summed E-state index contributed by atoms with van der Waals surface area (Å²) in [4.78, 5) is 19.1. The molecule has 7 heteroatoms. The van der Waals surface area contributed by atoms with Gasteiger partial charge in [-0.3, -0.25) is 4.79 Å². The molecule has 3 aromatic rings. The summed E-state index contributed by atoms with van der Waals surface area (Å²) in [7, 11) is 0. The van der Waals surface area contributed by atoms with Gasteiger partial charge in [0.05, 0.1) is 0 Å². The Bertz CT molecular complexity index is 942. The Morgan fingerprint density at radius 3 is 2.86 bits per heavy atom. The van der Waals surface area contributed by atoms with Crippen molar-refractivity contribution in [2.45, 2.75) is 25.3 Å². The van der Waals surface area contributed by atoms with Crippen molar-refractivity contribution >= 4 is 11.6 Å². The molecule has 0 radical (unpaired) electrons. The van der Waals surface area contributed by atoms with E-state index < -0.39 is 0 Å². The Labute approximate surface area is 163 Å². The van der Waals surface area contributed by atoms with E-state index in [9.17, 15) is 4.79 Å². The monoisotopic (exact) mass is 378 g/mol. The summed E-state index contributed by atoms with van der Waals surface area (Å²) in [6.45, 7) is 0.633. The smallest absolute Gasteiger partial charge is 0.261 e. The standard InChI is InChI=1S/C21H22N4O3/c22-16-8-6-7-15(13-16)20-23-21(28-24-20)18-11-4-5-12-25(18)19(26)14-27-17-9-2-1-3-10-17/h1-3,6-10,13,18H,4-5,11-12,14,22H2/t18-/m1/s1. The van der Waals surface area contributed by atoms with Gasteiger partial charge in [-0.25, -0.2) is 0 Å². The quantitative estimate of drug-likeness (QED) is 0.683. The van der Waals surface area contributed by atoms with Crippen LogP contribution in [0.5, 0.6) is 5.75 Å². The van der Waals surface area contributed by atoms with Crippen molar-refractivity contribution in [1.82, 2.24) is 15.0 Å². The molecule has 28 heavy (non-hydrogen) atoms. The lowest BCUT2D eigenvalue weighted by Gasteiger charge is -2.33. The van der Waals surface area contributed by atoms with Gasteiger partial charge in [0.25, 0.3) is 5.91 Å². The normalized spacial score (nSPS) is 16.7. The molecule has 0 spiro atoms. The molecule has 1 aromatic heterocycles. The summed E-state index contributed by atoms with van der Waals surface area (Å²) in [5.41, 5.74) is 7.26. The molecular formula is C21H22N4O3. The van der Waals surface area contributed by atoms with E-state index in [-0.39, 0.29) is 18.6 Å². The van der Waals surface area contributed by atoms with Crippen LogP contribution in [0.1, 0.15) is 31.2 Å². The van der Waals surface area contributed by atoms with Gasteiger partial charge in [0, 0.05) is 17.8 Å². The second kappa shape index (κ2) is 8.12. The van der Waals surface area contributed by atoms with Crippen LogP contribution >= 0.6 is 0 Å². The van der Waals surface area contributed by atoms with Crippen LogP contribution in [0.3, 0.4) is 0 Å². The lowest BCUT2D eigenvalue weighted by Crippen LogP contribution is -2.41. The van der Waals surface area contributed by atoms with Gasteiger partial charge in [-0.1, -0.05) is 35.5 Å². The molecule has 1 amide bonds. The largest absolute Gasteiger partial charge is 0.484 e. The molecule has 0 unspecified atom stereocenters.